The van der Waals surface area contributed by atoms with Gasteiger partial charge in [-0.05, 0) is 17.2 Å². The Labute approximate surface area is 187 Å². The molecule has 1 N–H and O–H groups in total. The molecule has 1 amide bonds. The molecule has 1 saturated heterocycles. The monoisotopic (exact) mass is 430 g/mol. The van der Waals surface area contributed by atoms with E-state index in [2.05, 4.69) is 63.6 Å². The van der Waals surface area contributed by atoms with Gasteiger partial charge in [0.25, 0.3) is 5.69 Å². The Morgan fingerprint density at radius 1 is 0.875 bits per heavy atom. The summed E-state index contributed by atoms with van der Waals surface area (Å²) < 4.78 is 0. The molecule has 7 heteroatoms. The summed E-state index contributed by atoms with van der Waals surface area (Å²) in [5, 5.41) is 13.7. The van der Waals surface area contributed by atoms with Crippen molar-refractivity contribution in [3.63, 3.8) is 0 Å². The first-order valence-electron chi connectivity index (χ1n) is 10.7. The van der Waals surface area contributed by atoms with Gasteiger partial charge in [0.1, 0.15) is 0 Å². The van der Waals surface area contributed by atoms with Crippen LogP contribution in [-0.2, 0) is 4.79 Å². The molecule has 1 fully saturated rings. The molecule has 7 nitrogen and oxygen atoms in total. The molecule has 1 heterocycles. The molecule has 0 bridgehead atoms. The standard InChI is InChI=1S/C25H26N4O3/c30-24(26-22-12-7-13-23(18-22)29(31)32)19-27-14-16-28(17-15-27)25(20-8-3-1-4-9-20)21-10-5-2-6-11-21/h1-13,18,25H,14-17,19H2,(H,26,30). The summed E-state index contributed by atoms with van der Waals surface area (Å²) in [6.45, 7) is 3.51. The number of carbonyl (C=O) groups is 1. The first-order chi connectivity index (χ1) is 15.6. The fourth-order valence-corrected chi connectivity index (χ4v) is 4.17. The Morgan fingerprint density at radius 2 is 1.47 bits per heavy atom. The molecule has 3 aromatic rings. The van der Waals surface area contributed by atoms with E-state index in [4.69, 9.17) is 0 Å². The summed E-state index contributed by atoms with van der Waals surface area (Å²) in [6.07, 6.45) is 0. The number of nitro groups is 1. The maximum atomic E-state index is 12.5. The quantitative estimate of drug-likeness (QED) is 0.454. The Hall–Kier alpha value is -3.55. The number of hydrogen-bond donors (Lipinski definition) is 1. The molecule has 0 spiro atoms. The zero-order chi connectivity index (χ0) is 22.3. The van der Waals surface area contributed by atoms with Crippen molar-refractivity contribution in [2.24, 2.45) is 0 Å². The molecule has 1 aliphatic rings. The number of benzene rings is 3. The lowest BCUT2D eigenvalue weighted by molar-refractivity contribution is -0.384. The highest BCUT2D eigenvalue weighted by atomic mass is 16.6. The fourth-order valence-electron chi connectivity index (χ4n) is 4.17. The smallest absolute Gasteiger partial charge is 0.271 e. The van der Waals surface area contributed by atoms with Crippen molar-refractivity contribution in [3.8, 4) is 0 Å². The number of nitrogens with zero attached hydrogens (tertiary/aromatic N) is 3. The van der Waals surface area contributed by atoms with Crippen molar-refractivity contribution in [1.82, 2.24) is 9.80 Å². The minimum absolute atomic E-state index is 0.0377. The van der Waals surface area contributed by atoms with E-state index in [0.717, 1.165) is 26.2 Å². The molecular formula is C25H26N4O3. The Balaban J connectivity index is 1.37. The Kier molecular flexibility index (Phi) is 6.89. The first-order valence-corrected chi connectivity index (χ1v) is 10.7. The van der Waals surface area contributed by atoms with Gasteiger partial charge in [0, 0.05) is 44.0 Å². The predicted molar refractivity (Wildman–Crippen MR) is 124 cm³/mol. The molecule has 32 heavy (non-hydrogen) atoms. The van der Waals surface area contributed by atoms with E-state index in [9.17, 15) is 14.9 Å². The predicted octanol–water partition coefficient (Wildman–Crippen LogP) is 3.94. The van der Waals surface area contributed by atoms with Gasteiger partial charge in [0.15, 0.2) is 0 Å². The number of carbonyl (C=O) groups excluding carboxylic acids is 1. The van der Waals surface area contributed by atoms with Crippen LogP contribution in [-0.4, -0.2) is 53.4 Å². The number of hydrogen-bond acceptors (Lipinski definition) is 5. The average molecular weight is 431 g/mol. The summed E-state index contributed by atoms with van der Waals surface area (Å²) in [7, 11) is 0. The molecule has 3 aromatic carbocycles. The molecule has 0 atom stereocenters. The minimum Gasteiger partial charge on any atom is -0.325 e. The summed E-state index contributed by atoms with van der Waals surface area (Å²) in [5.74, 6) is -0.165. The summed E-state index contributed by atoms with van der Waals surface area (Å²) in [5.41, 5.74) is 2.92. The van der Waals surface area contributed by atoms with Crippen molar-refractivity contribution in [2.45, 2.75) is 6.04 Å². The van der Waals surface area contributed by atoms with E-state index in [-0.39, 0.29) is 24.2 Å². The molecule has 0 saturated carbocycles. The van der Waals surface area contributed by atoms with Gasteiger partial charge in [-0.3, -0.25) is 24.7 Å². The minimum atomic E-state index is -0.467. The van der Waals surface area contributed by atoms with Gasteiger partial charge in [-0.1, -0.05) is 66.7 Å². The molecule has 0 radical (unpaired) electrons. The van der Waals surface area contributed by atoms with Crippen molar-refractivity contribution < 1.29 is 9.72 Å². The van der Waals surface area contributed by atoms with Gasteiger partial charge in [-0.15, -0.1) is 0 Å². The lowest BCUT2D eigenvalue weighted by Crippen LogP contribution is -2.49. The van der Waals surface area contributed by atoms with Gasteiger partial charge in [-0.2, -0.15) is 0 Å². The molecule has 1 aliphatic heterocycles. The third-order valence-corrected chi connectivity index (χ3v) is 5.71. The van der Waals surface area contributed by atoms with Gasteiger partial charge in [0.2, 0.25) is 5.91 Å². The summed E-state index contributed by atoms with van der Waals surface area (Å²) in [4.78, 5) is 27.5. The third kappa shape index (κ3) is 5.38. The summed E-state index contributed by atoms with van der Waals surface area (Å²) >= 11 is 0. The van der Waals surface area contributed by atoms with Crippen LogP contribution in [0.1, 0.15) is 17.2 Å². The number of nitro benzene ring substituents is 1. The van der Waals surface area contributed by atoms with Crippen LogP contribution in [0.15, 0.2) is 84.9 Å². The third-order valence-electron chi connectivity index (χ3n) is 5.71. The van der Waals surface area contributed by atoms with Gasteiger partial charge in [-0.25, -0.2) is 0 Å². The summed E-state index contributed by atoms with van der Waals surface area (Å²) in [6, 6.07) is 27.2. The van der Waals surface area contributed by atoms with Crippen LogP contribution in [0.25, 0.3) is 0 Å². The van der Waals surface area contributed by atoms with Crippen molar-refractivity contribution in [2.75, 3.05) is 38.0 Å². The second-order valence-electron chi connectivity index (χ2n) is 7.89. The highest BCUT2D eigenvalue weighted by Gasteiger charge is 2.27. The molecule has 164 valence electrons. The topological polar surface area (TPSA) is 78.7 Å². The molecule has 0 aromatic heterocycles. The number of nitrogens with one attached hydrogen (secondary N) is 1. The van der Waals surface area contributed by atoms with Crippen molar-refractivity contribution in [1.29, 1.82) is 0 Å². The zero-order valence-corrected chi connectivity index (χ0v) is 17.8. The van der Waals surface area contributed by atoms with Crippen LogP contribution in [0.3, 0.4) is 0 Å². The maximum Gasteiger partial charge on any atom is 0.271 e. The largest absolute Gasteiger partial charge is 0.325 e. The normalized spacial score (nSPS) is 14.9. The van der Waals surface area contributed by atoms with Crippen molar-refractivity contribution in [3.05, 3.63) is 106 Å². The first kappa shape index (κ1) is 21.7. The maximum absolute atomic E-state index is 12.5. The van der Waals surface area contributed by atoms with Crippen LogP contribution in [0.4, 0.5) is 11.4 Å². The van der Waals surface area contributed by atoms with E-state index in [1.807, 2.05) is 12.1 Å². The number of anilines is 1. The lowest BCUT2D eigenvalue weighted by Gasteiger charge is -2.39. The molecular weight excluding hydrogens is 404 g/mol. The van der Waals surface area contributed by atoms with Gasteiger partial charge in [0.05, 0.1) is 17.5 Å². The molecule has 4 rings (SSSR count). The highest BCUT2D eigenvalue weighted by Crippen LogP contribution is 2.29. The van der Waals surface area contributed by atoms with E-state index in [1.165, 1.54) is 23.3 Å². The Bertz CT molecular complexity index is 1010. The van der Waals surface area contributed by atoms with E-state index in [1.54, 1.807) is 12.1 Å². The number of piperazine rings is 1. The fraction of sp³-hybridized carbons (Fsp3) is 0.240. The Morgan fingerprint density at radius 3 is 2.03 bits per heavy atom. The van der Waals surface area contributed by atoms with E-state index in [0.29, 0.717) is 5.69 Å². The molecule has 0 unspecified atom stereocenters. The SMILES string of the molecule is O=C(CN1CCN(C(c2ccccc2)c2ccccc2)CC1)Nc1cccc([N+](=O)[O-])c1. The van der Waals surface area contributed by atoms with Crippen LogP contribution in [0, 0.1) is 10.1 Å². The van der Waals surface area contributed by atoms with Crippen LogP contribution >= 0.6 is 0 Å². The zero-order valence-electron chi connectivity index (χ0n) is 17.8. The van der Waals surface area contributed by atoms with Crippen LogP contribution < -0.4 is 5.32 Å². The van der Waals surface area contributed by atoms with Crippen LogP contribution in [0.5, 0.6) is 0 Å². The number of rotatable bonds is 7. The van der Waals surface area contributed by atoms with Gasteiger partial charge >= 0.3 is 0 Å². The lowest BCUT2D eigenvalue weighted by atomic mass is 9.96. The van der Waals surface area contributed by atoms with Crippen molar-refractivity contribution >= 4 is 17.3 Å². The number of amides is 1. The second-order valence-corrected chi connectivity index (χ2v) is 7.89. The second kappa shape index (κ2) is 10.2. The average Bonchev–Trinajstić information content (AvgIpc) is 2.82. The highest BCUT2D eigenvalue weighted by molar-refractivity contribution is 5.92. The van der Waals surface area contributed by atoms with Gasteiger partial charge < -0.3 is 5.32 Å². The van der Waals surface area contributed by atoms with E-state index >= 15 is 0 Å². The number of non-ortho nitro benzene ring substituents is 1. The molecule has 0 aliphatic carbocycles. The van der Waals surface area contributed by atoms with E-state index < -0.39 is 4.92 Å². The van der Waals surface area contributed by atoms with Crippen LogP contribution in [0.2, 0.25) is 0 Å².